The summed E-state index contributed by atoms with van der Waals surface area (Å²) in [6, 6.07) is -0.495. The number of carbonyl (C=O) groups excluding carboxylic acids is 1. The largest absolute Gasteiger partial charge is 0.468 e. The van der Waals surface area contributed by atoms with Crippen molar-refractivity contribution in [1.29, 1.82) is 0 Å². The fraction of sp³-hybridized carbons (Fsp3) is 0.600. The van der Waals surface area contributed by atoms with Gasteiger partial charge in [-0.15, -0.1) is 0 Å². The molecule has 0 amide bonds. The maximum Gasteiger partial charge on any atom is 0.322 e. The van der Waals surface area contributed by atoms with Crippen molar-refractivity contribution in [2.45, 2.75) is 19.0 Å². The van der Waals surface area contributed by atoms with E-state index in [9.17, 15) is 4.79 Å². The molecule has 0 radical (unpaired) electrons. The Hall–Kier alpha value is -1.01. The summed E-state index contributed by atoms with van der Waals surface area (Å²) in [6.45, 7) is 0.929. The van der Waals surface area contributed by atoms with Gasteiger partial charge in [-0.1, -0.05) is 0 Å². The van der Waals surface area contributed by atoms with E-state index in [2.05, 4.69) is 9.72 Å². The molecule has 90 valence electrons. The van der Waals surface area contributed by atoms with Crippen LogP contribution in [0.3, 0.4) is 0 Å². The molecule has 0 aliphatic rings. The number of aromatic nitrogens is 2. The van der Waals surface area contributed by atoms with Crippen LogP contribution in [0.4, 0.5) is 0 Å². The molecular weight excluding hydrogens is 226 g/mol. The number of aryl methyl sites for hydroxylation is 1. The Balaban J connectivity index is 2.02. The third-order valence-corrected chi connectivity index (χ3v) is 3.13. The predicted molar refractivity (Wildman–Crippen MR) is 64.2 cm³/mol. The van der Waals surface area contributed by atoms with Crippen LogP contribution in [0.1, 0.15) is 6.42 Å². The molecule has 0 spiro atoms. The van der Waals surface area contributed by atoms with Gasteiger partial charge in [0.15, 0.2) is 0 Å². The molecule has 0 saturated carbocycles. The van der Waals surface area contributed by atoms with Crippen molar-refractivity contribution < 1.29 is 9.53 Å². The Morgan fingerprint density at radius 2 is 2.44 bits per heavy atom. The molecule has 0 fully saturated rings. The van der Waals surface area contributed by atoms with Crippen LogP contribution >= 0.6 is 11.8 Å². The van der Waals surface area contributed by atoms with Crippen molar-refractivity contribution in [2.75, 3.05) is 18.6 Å². The standard InChI is InChI=1S/C10H17N3O2S/c1-15-10(14)9(11)2-6-16-7-5-13-4-3-12-8-13/h3-4,8-9H,2,5-7,11H2,1H3. The van der Waals surface area contributed by atoms with Crippen LogP contribution in [0.2, 0.25) is 0 Å². The molecule has 1 unspecified atom stereocenters. The van der Waals surface area contributed by atoms with Crippen LogP contribution in [0.25, 0.3) is 0 Å². The minimum absolute atomic E-state index is 0.338. The Kier molecular flexibility index (Phi) is 5.95. The van der Waals surface area contributed by atoms with Gasteiger partial charge in [-0.3, -0.25) is 4.79 Å². The molecule has 6 heteroatoms. The van der Waals surface area contributed by atoms with E-state index in [1.165, 1.54) is 7.11 Å². The Morgan fingerprint density at radius 3 is 3.06 bits per heavy atom. The summed E-state index contributed by atoms with van der Waals surface area (Å²) in [5.41, 5.74) is 5.60. The van der Waals surface area contributed by atoms with Crippen molar-refractivity contribution in [3.63, 3.8) is 0 Å². The van der Waals surface area contributed by atoms with E-state index in [-0.39, 0.29) is 5.97 Å². The van der Waals surface area contributed by atoms with Crippen molar-refractivity contribution in [3.8, 4) is 0 Å². The summed E-state index contributed by atoms with van der Waals surface area (Å²) in [5.74, 6) is 1.52. The van der Waals surface area contributed by atoms with E-state index in [0.29, 0.717) is 6.42 Å². The second-order valence-electron chi connectivity index (χ2n) is 3.33. The third-order valence-electron chi connectivity index (χ3n) is 2.13. The van der Waals surface area contributed by atoms with E-state index < -0.39 is 6.04 Å². The number of methoxy groups -OCH3 is 1. The van der Waals surface area contributed by atoms with Gasteiger partial charge in [0.25, 0.3) is 0 Å². The number of thioether (sulfide) groups is 1. The minimum atomic E-state index is -0.495. The van der Waals surface area contributed by atoms with Crippen LogP contribution in [0.5, 0.6) is 0 Å². The minimum Gasteiger partial charge on any atom is -0.468 e. The quantitative estimate of drug-likeness (QED) is 0.558. The van der Waals surface area contributed by atoms with Crippen LogP contribution in [0, 0.1) is 0 Å². The first-order valence-corrected chi connectivity index (χ1v) is 6.26. The van der Waals surface area contributed by atoms with Crippen LogP contribution in [-0.4, -0.2) is 40.2 Å². The first-order chi connectivity index (χ1) is 7.74. The molecule has 1 aromatic heterocycles. The first kappa shape index (κ1) is 13.1. The number of nitrogens with two attached hydrogens (primary N) is 1. The Labute approximate surface area is 99.4 Å². The highest BCUT2D eigenvalue weighted by Gasteiger charge is 2.12. The molecule has 1 heterocycles. The lowest BCUT2D eigenvalue weighted by atomic mass is 10.2. The number of nitrogens with zero attached hydrogens (tertiary/aromatic N) is 2. The summed E-state index contributed by atoms with van der Waals surface area (Å²) in [6.07, 6.45) is 6.14. The highest BCUT2D eigenvalue weighted by Crippen LogP contribution is 2.05. The van der Waals surface area contributed by atoms with Gasteiger partial charge in [0, 0.05) is 24.7 Å². The molecule has 16 heavy (non-hydrogen) atoms. The Morgan fingerprint density at radius 1 is 1.62 bits per heavy atom. The second kappa shape index (κ2) is 7.29. The van der Waals surface area contributed by atoms with E-state index in [4.69, 9.17) is 5.73 Å². The summed E-state index contributed by atoms with van der Waals surface area (Å²) >= 11 is 1.77. The molecule has 0 aliphatic carbocycles. The molecule has 0 aromatic carbocycles. The smallest absolute Gasteiger partial charge is 0.322 e. The van der Waals surface area contributed by atoms with Gasteiger partial charge in [0.05, 0.1) is 13.4 Å². The van der Waals surface area contributed by atoms with Crippen LogP contribution < -0.4 is 5.73 Å². The number of esters is 1. The van der Waals surface area contributed by atoms with Crippen LogP contribution in [-0.2, 0) is 16.1 Å². The number of hydrogen-bond donors (Lipinski definition) is 1. The topological polar surface area (TPSA) is 70.1 Å². The zero-order chi connectivity index (χ0) is 11.8. The fourth-order valence-corrected chi connectivity index (χ4v) is 2.14. The predicted octanol–water partition coefficient (Wildman–Crippen LogP) is 0.507. The SMILES string of the molecule is COC(=O)C(N)CCSCCn1ccnc1. The average Bonchev–Trinajstić information content (AvgIpc) is 2.80. The van der Waals surface area contributed by atoms with Gasteiger partial charge in [-0.05, 0) is 12.2 Å². The number of carbonyl (C=O) groups is 1. The number of hydrogen-bond acceptors (Lipinski definition) is 5. The lowest BCUT2D eigenvalue weighted by Crippen LogP contribution is -2.32. The average molecular weight is 243 g/mol. The molecule has 5 nitrogen and oxygen atoms in total. The van der Waals surface area contributed by atoms with Gasteiger partial charge < -0.3 is 15.0 Å². The molecule has 2 N–H and O–H groups in total. The fourth-order valence-electron chi connectivity index (χ4n) is 1.17. The molecule has 1 rings (SSSR count). The molecule has 1 atom stereocenters. The Bertz CT molecular complexity index is 303. The van der Waals surface area contributed by atoms with Gasteiger partial charge >= 0.3 is 5.97 Å². The zero-order valence-electron chi connectivity index (χ0n) is 9.33. The zero-order valence-corrected chi connectivity index (χ0v) is 10.2. The number of rotatable bonds is 7. The molecule has 0 bridgehead atoms. The van der Waals surface area contributed by atoms with E-state index in [1.807, 2.05) is 10.8 Å². The highest BCUT2D eigenvalue weighted by atomic mass is 32.2. The first-order valence-electron chi connectivity index (χ1n) is 5.11. The van der Waals surface area contributed by atoms with Crippen molar-refractivity contribution in [2.24, 2.45) is 5.73 Å². The van der Waals surface area contributed by atoms with Crippen molar-refractivity contribution in [1.82, 2.24) is 9.55 Å². The summed E-state index contributed by atoms with van der Waals surface area (Å²) in [7, 11) is 1.36. The number of imidazole rings is 1. The normalized spacial score (nSPS) is 12.4. The van der Waals surface area contributed by atoms with Crippen molar-refractivity contribution in [3.05, 3.63) is 18.7 Å². The monoisotopic (exact) mass is 243 g/mol. The van der Waals surface area contributed by atoms with Gasteiger partial charge in [0.2, 0.25) is 0 Å². The second-order valence-corrected chi connectivity index (χ2v) is 4.56. The highest BCUT2D eigenvalue weighted by molar-refractivity contribution is 7.99. The van der Waals surface area contributed by atoms with Gasteiger partial charge in [0.1, 0.15) is 6.04 Å². The third kappa shape index (κ3) is 4.67. The summed E-state index contributed by atoms with van der Waals surface area (Å²) < 4.78 is 6.56. The van der Waals surface area contributed by atoms with E-state index in [0.717, 1.165) is 18.1 Å². The summed E-state index contributed by atoms with van der Waals surface area (Å²) in [4.78, 5) is 14.9. The van der Waals surface area contributed by atoms with Crippen molar-refractivity contribution >= 4 is 17.7 Å². The number of ether oxygens (including phenoxy) is 1. The molecule has 0 aliphatic heterocycles. The molecular formula is C10H17N3O2S. The van der Waals surface area contributed by atoms with E-state index >= 15 is 0 Å². The maximum atomic E-state index is 11.0. The van der Waals surface area contributed by atoms with Gasteiger partial charge in [-0.25, -0.2) is 4.98 Å². The van der Waals surface area contributed by atoms with E-state index in [1.54, 1.807) is 24.3 Å². The maximum absolute atomic E-state index is 11.0. The lowest BCUT2D eigenvalue weighted by molar-refractivity contribution is -0.142. The lowest BCUT2D eigenvalue weighted by Gasteiger charge is -2.08. The molecule has 0 saturated heterocycles. The molecule has 1 aromatic rings. The van der Waals surface area contributed by atoms with Gasteiger partial charge in [-0.2, -0.15) is 11.8 Å². The summed E-state index contributed by atoms with van der Waals surface area (Å²) in [5, 5.41) is 0. The van der Waals surface area contributed by atoms with Crippen LogP contribution in [0.15, 0.2) is 18.7 Å².